The number of nitrogen functional groups attached to an aromatic ring is 1. The van der Waals surface area contributed by atoms with E-state index in [0.717, 1.165) is 18.2 Å². The number of thiophene rings is 1. The van der Waals surface area contributed by atoms with Crippen LogP contribution in [-0.2, 0) is 19.3 Å². The van der Waals surface area contributed by atoms with E-state index in [9.17, 15) is 27.6 Å². The highest BCUT2D eigenvalue weighted by Gasteiger charge is 2.39. The lowest BCUT2D eigenvalue weighted by atomic mass is 9.92. The van der Waals surface area contributed by atoms with Crippen LogP contribution in [0.2, 0.25) is 0 Å². The molecule has 0 saturated carbocycles. The van der Waals surface area contributed by atoms with Gasteiger partial charge in [-0.05, 0) is 38.5 Å². The second-order valence-corrected chi connectivity index (χ2v) is 11.9. The van der Waals surface area contributed by atoms with Crippen LogP contribution < -0.4 is 15.4 Å². The molecule has 10 nitrogen and oxygen atoms in total. The summed E-state index contributed by atoms with van der Waals surface area (Å²) in [6.07, 6.45) is -5.09. The van der Waals surface area contributed by atoms with Crippen LogP contribution in [0.4, 0.5) is 32.8 Å². The van der Waals surface area contributed by atoms with Gasteiger partial charge in [0.05, 0.1) is 41.7 Å². The molecule has 0 unspecified atom stereocenters. The topological polar surface area (TPSA) is 126 Å². The molecule has 0 atom stereocenters. The highest BCUT2D eigenvalue weighted by atomic mass is 32.1. The Morgan fingerprint density at radius 1 is 1.19 bits per heavy atom. The first-order chi connectivity index (χ1) is 22.3. The van der Waals surface area contributed by atoms with E-state index in [1.54, 1.807) is 27.5 Å². The SMILES string of the molecule is CCN(CC)C(=O)c1nn2c(c1C)CN(c1nc(OC)nc3c(F)c(-c4ccc(F)c5sc(N)c(C#N)c45)c(C(F)(F)F)cc13)CC2. The number of nitriles is 1. The van der Waals surface area contributed by atoms with Crippen molar-refractivity contribution in [3.8, 4) is 23.2 Å². The molecule has 6 rings (SSSR count). The Balaban J connectivity index is 1.57. The first-order valence-corrected chi connectivity index (χ1v) is 15.3. The van der Waals surface area contributed by atoms with Crippen LogP contribution in [0.15, 0.2) is 18.2 Å². The van der Waals surface area contributed by atoms with Gasteiger partial charge in [0.25, 0.3) is 5.91 Å². The molecule has 0 saturated heterocycles. The van der Waals surface area contributed by atoms with Gasteiger partial charge in [0.1, 0.15) is 28.2 Å². The molecule has 1 aliphatic heterocycles. The standard InChI is InChI=1S/C31H27F5N8O2S/c1-5-42(6-2)29(45)24-14(3)20-13-43(9-10-44(20)41-24)28-16-11-18(31(34,35)36)22(23(33)25(16)39-30(40-28)46-4)15-7-8-19(32)26-21(15)17(12-37)27(38)47-26/h7-8,11H,5-6,9-10,13,38H2,1-4H3. The summed E-state index contributed by atoms with van der Waals surface area (Å²) in [4.78, 5) is 24.9. The van der Waals surface area contributed by atoms with E-state index in [0.29, 0.717) is 35.7 Å². The van der Waals surface area contributed by atoms with Gasteiger partial charge < -0.3 is 20.3 Å². The quantitative estimate of drug-likeness (QED) is 0.209. The van der Waals surface area contributed by atoms with E-state index in [4.69, 9.17) is 10.5 Å². The zero-order valence-electron chi connectivity index (χ0n) is 25.6. The molecule has 2 aromatic carbocycles. The molecule has 0 bridgehead atoms. The van der Waals surface area contributed by atoms with Gasteiger partial charge in [-0.3, -0.25) is 9.48 Å². The minimum Gasteiger partial charge on any atom is -0.467 e. The van der Waals surface area contributed by atoms with Crippen molar-refractivity contribution in [1.29, 1.82) is 5.26 Å². The summed E-state index contributed by atoms with van der Waals surface area (Å²) in [5.41, 5.74) is 4.08. The molecule has 4 heterocycles. The number of nitrogens with two attached hydrogens (primary N) is 1. The lowest BCUT2D eigenvalue weighted by molar-refractivity contribution is -0.137. The minimum atomic E-state index is -5.09. The van der Waals surface area contributed by atoms with E-state index in [2.05, 4.69) is 15.1 Å². The van der Waals surface area contributed by atoms with Crippen LogP contribution in [0.3, 0.4) is 0 Å². The number of nitrogens with zero attached hydrogens (tertiary/aromatic N) is 7. The van der Waals surface area contributed by atoms with E-state index in [-0.39, 0.29) is 74.7 Å². The van der Waals surface area contributed by atoms with Crippen molar-refractivity contribution in [1.82, 2.24) is 24.6 Å². The van der Waals surface area contributed by atoms with E-state index < -0.39 is 34.5 Å². The maximum Gasteiger partial charge on any atom is 0.417 e. The van der Waals surface area contributed by atoms with Crippen molar-refractivity contribution in [2.45, 2.75) is 40.0 Å². The highest BCUT2D eigenvalue weighted by Crippen LogP contribution is 2.48. The molecule has 1 amide bonds. The number of alkyl halides is 3. The Morgan fingerprint density at radius 3 is 2.55 bits per heavy atom. The van der Waals surface area contributed by atoms with E-state index in [1.807, 2.05) is 13.8 Å². The summed E-state index contributed by atoms with van der Waals surface area (Å²) < 4.78 is 82.7. The Labute approximate surface area is 268 Å². The molecule has 0 spiro atoms. The van der Waals surface area contributed by atoms with E-state index >= 15 is 4.39 Å². The number of amides is 1. The van der Waals surface area contributed by atoms with Gasteiger partial charge in [0.15, 0.2) is 11.5 Å². The molecule has 16 heteroatoms. The normalized spacial score (nSPS) is 13.2. The third kappa shape index (κ3) is 5.05. The Morgan fingerprint density at radius 2 is 1.91 bits per heavy atom. The van der Waals surface area contributed by atoms with Gasteiger partial charge in [-0.25, -0.2) is 8.78 Å². The van der Waals surface area contributed by atoms with E-state index in [1.165, 1.54) is 7.11 Å². The highest BCUT2D eigenvalue weighted by molar-refractivity contribution is 7.23. The zero-order valence-corrected chi connectivity index (χ0v) is 26.4. The average Bonchev–Trinajstić information content (AvgIpc) is 3.57. The summed E-state index contributed by atoms with van der Waals surface area (Å²) in [6.45, 7) is 7.04. The van der Waals surface area contributed by atoms with Crippen molar-refractivity contribution in [3.63, 3.8) is 0 Å². The fourth-order valence-electron chi connectivity index (χ4n) is 6.01. The maximum atomic E-state index is 16.7. The fraction of sp³-hybridized carbons (Fsp3) is 0.323. The minimum absolute atomic E-state index is 0.0204. The number of ether oxygens (including phenoxy) is 1. The molecule has 5 aromatic rings. The maximum absolute atomic E-state index is 16.7. The third-order valence-electron chi connectivity index (χ3n) is 8.37. The van der Waals surface area contributed by atoms with Crippen molar-refractivity contribution in [3.05, 3.63) is 57.9 Å². The van der Waals surface area contributed by atoms with Crippen molar-refractivity contribution in [2.75, 3.05) is 37.4 Å². The van der Waals surface area contributed by atoms with Gasteiger partial charge in [-0.2, -0.15) is 33.5 Å². The van der Waals surface area contributed by atoms with Crippen molar-refractivity contribution >= 4 is 49.1 Å². The molecule has 0 fully saturated rings. The number of carbonyl (C=O) groups is 1. The lowest BCUT2D eigenvalue weighted by Crippen LogP contribution is -2.35. The van der Waals surface area contributed by atoms with Gasteiger partial charge in [0, 0.05) is 41.5 Å². The molecule has 47 heavy (non-hydrogen) atoms. The molecule has 0 aliphatic carbocycles. The average molecular weight is 671 g/mol. The summed E-state index contributed by atoms with van der Waals surface area (Å²) >= 11 is 0.685. The number of aromatic nitrogens is 4. The molecule has 1 aliphatic rings. The second-order valence-electron chi connectivity index (χ2n) is 10.8. The molecular weight excluding hydrogens is 643 g/mol. The molecule has 0 radical (unpaired) electrons. The van der Waals surface area contributed by atoms with Gasteiger partial charge in [-0.15, -0.1) is 11.3 Å². The van der Waals surface area contributed by atoms with Crippen LogP contribution in [0, 0.1) is 29.9 Å². The number of rotatable bonds is 6. The van der Waals surface area contributed by atoms with Crippen LogP contribution >= 0.6 is 11.3 Å². The summed E-state index contributed by atoms with van der Waals surface area (Å²) in [5.74, 6) is -2.43. The number of anilines is 2. The Hall–Kier alpha value is -5.04. The number of fused-ring (bicyclic) bond motifs is 3. The molecule has 3 aromatic heterocycles. The lowest BCUT2D eigenvalue weighted by Gasteiger charge is -2.30. The molecule has 2 N–H and O–H groups in total. The van der Waals surface area contributed by atoms with Gasteiger partial charge in [-0.1, -0.05) is 6.07 Å². The summed E-state index contributed by atoms with van der Waals surface area (Å²) in [6, 6.07) is 4.17. The number of hydrogen-bond donors (Lipinski definition) is 1. The number of hydrogen-bond acceptors (Lipinski definition) is 9. The van der Waals surface area contributed by atoms with Crippen LogP contribution in [0.25, 0.3) is 32.1 Å². The summed E-state index contributed by atoms with van der Waals surface area (Å²) in [5, 5.41) is 13.7. The summed E-state index contributed by atoms with van der Waals surface area (Å²) in [7, 11) is 1.24. The molecular formula is C31H27F5N8O2S. The van der Waals surface area contributed by atoms with Gasteiger partial charge >= 0.3 is 12.2 Å². The number of carbonyl (C=O) groups excluding carboxylic acids is 1. The number of benzene rings is 2. The first kappa shape index (κ1) is 31.9. The van der Waals surface area contributed by atoms with Crippen molar-refractivity contribution in [2.24, 2.45) is 0 Å². The second kappa shape index (κ2) is 11.6. The molecule has 244 valence electrons. The van der Waals surface area contributed by atoms with Crippen LogP contribution in [-0.4, -0.2) is 57.3 Å². The first-order valence-electron chi connectivity index (χ1n) is 14.5. The number of methoxy groups -OCH3 is 1. The van der Waals surface area contributed by atoms with Crippen molar-refractivity contribution < 1.29 is 31.5 Å². The monoisotopic (exact) mass is 670 g/mol. The van der Waals surface area contributed by atoms with Crippen LogP contribution in [0.5, 0.6) is 6.01 Å². The predicted octanol–water partition coefficient (Wildman–Crippen LogP) is 6.28. The zero-order chi connectivity index (χ0) is 33.9. The smallest absolute Gasteiger partial charge is 0.417 e. The Bertz CT molecular complexity index is 2130. The number of halogens is 5. The predicted molar refractivity (Wildman–Crippen MR) is 166 cm³/mol. The fourth-order valence-corrected chi connectivity index (χ4v) is 6.96. The third-order valence-corrected chi connectivity index (χ3v) is 9.40. The Kier molecular flexibility index (Phi) is 7.91. The largest absolute Gasteiger partial charge is 0.467 e. The van der Waals surface area contributed by atoms with Gasteiger partial charge in [0.2, 0.25) is 0 Å². The van der Waals surface area contributed by atoms with Crippen LogP contribution in [0.1, 0.15) is 46.7 Å².